The van der Waals surface area contributed by atoms with Gasteiger partial charge < -0.3 is 14.8 Å². The van der Waals surface area contributed by atoms with Crippen LogP contribution in [0.2, 0.25) is 15.1 Å². The smallest absolute Gasteiger partial charge is 0.347 e. The molecule has 0 heterocycles. The predicted molar refractivity (Wildman–Crippen MR) is 103 cm³/mol. The first-order valence-electron chi connectivity index (χ1n) is 7.71. The van der Waals surface area contributed by atoms with Gasteiger partial charge in [-0.25, -0.2) is 4.79 Å². The number of benzene rings is 2. The van der Waals surface area contributed by atoms with Gasteiger partial charge in [-0.05, 0) is 50.2 Å². The highest BCUT2D eigenvalue weighted by Crippen LogP contribution is 2.34. The van der Waals surface area contributed by atoms with Crippen LogP contribution in [0.4, 0.5) is 5.69 Å². The summed E-state index contributed by atoms with van der Waals surface area (Å²) in [5, 5.41) is 3.48. The quantitative estimate of drug-likeness (QED) is 0.655. The Morgan fingerprint density at radius 1 is 1.08 bits per heavy atom. The summed E-state index contributed by atoms with van der Waals surface area (Å²) in [6.45, 7) is 3.59. The van der Waals surface area contributed by atoms with Crippen molar-refractivity contribution in [1.82, 2.24) is 0 Å². The first-order chi connectivity index (χ1) is 12.3. The molecule has 0 saturated carbocycles. The molecule has 1 N–H and O–H groups in total. The molecule has 2 aromatic rings. The Bertz CT molecular complexity index is 786. The van der Waals surface area contributed by atoms with Gasteiger partial charge >= 0.3 is 5.97 Å². The van der Waals surface area contributed by atoms with Crippen LogP contribution in [-0.4, -0.2) is 24.6 Å². The zero-order chi connectivity index (χ0) is 19.3. The van der Waals surface area contributed by atoms with Gasteiger partial charge in [0, 0.05) is 10.6 Å². The van der Waals surface area contributed by atoms with Gasteiger partial charge in [-0.15, -0.1) is 0 Å². The Morgan fingerprint density at radius 3 is 2.19 bits per heavy atom. The molecular weight excluding hydrogens is 401 g/mol. The monoisotopic (exact) mass is 415 g/mol. The molecule has 0 saturated heterocycles. The van der Waals surface area contributed by atoms with Gasteiger partial charge in [0.25, 0.3) is 5.91 Å². The molecule has 1 atom stereocenters. The molecule has 0 spiro atoms. The summed E-state index contributed by atoms with van der Waals surface area (Å²) >= 11 is 18.0. The number of rotatable bonds is 6. The van der Waals surface area contributed by atoms with Gasteiger partial charge in [0.15, 0.2) is 6.10 Å². The maximum absolute atomic E-state index is 12.4. The van der Waals surface area contributed by atoms with Gasteiger partial charge in [-0.3, -0.25) is 4.79 Å². The molecule has 5 nitrogen and oxygen atoms in total. The van der Waals surface area contributed by atoms with Crippen LogP contribution >= 0.6 is 34.8 Å². The number of anilines is 1. The van der Waals surface area contributed by atoms with E-state index < -0.39 is 18.0 Å². The Morgan fingerprint density at radius 2 is 1.65 bits per heavy atom. The van der Waals surface area contributed by atoms with Gasteiger partial charge in [-0.2, -0.15) is 0 Å². The molecule has 26 heavy (non-hydrogen) atoms. The van der Waals surface area contributed by atoms with Crippen molar-refractivity contribution in [1.29, 1.82) is 0 Å². The first-order valence-corrected chi connectivity index (χ1v) is 8.84. The van der Waals surface area contributed by atoms with Gasteiger partial charge in [-0.1, -0.05) is 34.8 Å². The van der Waals surface area contributed by atoms with E-state index in [1.807, 2.05) is 0 Å². The predicted octanol–water partition coefficient (Wildman–Crippen LogP) is 5.23. The molecule has 1 amide bonds. The maximum atomic E-state index is 12.4. The zero-order valence-corrected chi connectivity index (χ0v) is 16.3. The number of hydrogen-bond acceptors (Lipinski definition) is 4. The molecule has 0 fully saturated rings. The molecule has 0 aliphatic rings. The third kappa shape index (κ3) is 5.27. The lowest BCUT2D eigenvalue weighted by molar-refractivity contribution is -0.150. The summed E-state index contributed by atoms with van der Waals surface area (Å²) in [7, 11) is 0. The molecule has 8 heteroatoms. The average molecular weight is 417 g/mol. The molecule has 0 bridgehead atoms. The number of halogens is 3. The SMILES string of the molecule is CCOC(=O)C(C)Oc1ccc(C(=O)Nc2c(Cl)cc(Cl)cc2Cl)cc1. The number of hydrogen-bond donors (Lipinski definition) is 1. The van der Waals surface area contributed by atoms with E-state index in [9.17, 15) is 9.59 Å². The summed E-state index contributed by atoms with van der Waals surface area (Å²) in [6, 6.07) is 9.24. The third-order valence-electron chi connectivity index (χ3n) is 3.29. The zero-order valence-electron chi connectivity index (χ0n) is 14.0. The maximum Gasteiger partial charge on any atom is 0.347 e. The minimum absolute atomic E-state index is 0.235. The molecule has 0 aliphatic heterocycles. The first kappa shape index (κ1) is 20.4. The number of nitrogens with one attached hydrogen (secondary N) is 1. The van der Waals surface area contributed by atoms with E-state index in [2.05, 4.69) is 5.32 Å². The highest BCUT2D eigenvalue weighted by molar-refractivity contribution is 6.42. The Labute approximate surface area is 166 Å². The van der Waals surface area contributed by atoms with Crippen LogP contribution in [0.1, 0.15) is 24.2 Å². The van der Waals surface area contributed by atoms with Crippen LogP contribution in [0.25, 0.3) is 0 Å². The van der Waals surface area contributed by atoms with Crippen LogP contribution in [0.5, 0.6) is 5.75 Å². The minimum Gasteiger partial charge on any atom is -0.479 e. The fourth-order valence-electron chi connectivity index (χ4n) is 2.04. The van der Waals surface area contributed by atoms with Crippen LogP contribution < -0.4 is 10.1 Å². The van der Waals surface area contributed by atoms with Crippen molar-refractivity contribution in [3.8, 4) is 5.75 Å². The number of carbonyl (C=O) groups is 2. The van der Waals surface area contributed by atoms with Crippen molar-refractivity contribution in [3.63, 3.8) is 0 Å². The molecule has 2 aromatic carbocycles. The van der Waals surface area contributed by atoms with Crippen molar-refractivity contribution in [3.05, 3.63) is 57.0 Å². The largest absolute Gasteiger partial charge is 0.479 e. The molecule has 138 valence electrons. The molecular formula is C18H16Cl3NO4. The minimum atomic E-state index is -0.749. The molecule has 2 rings (SSSR count). The van der Waals surface area contributed by atoms with E-state index in [0.29, 0.717) is 16.3 Å². The van der Waals surface area contributed by atoms with Gasteiger partial charge in [0.05, 0.1) is 22.3 Å². The van der Waals surface area contributed by atoms with Crippen LogP contribution in [0.15, 0.2) is 36.4 Å². The lowest BCUT2D eigenvalue weighted by atomic mass is 10.2. The normalized spacial score (nSPS) is 11.6. The highest BCUT2D eigenvalue weighted by atomic mass is 35.5. The number of ether oxygens (including phenoxy) is 2. The van der Waals surface area contributed by atoms with Crippen molar-refractivity contribution in [2.24, 2.45) is 0 Å². The topological polar surface area (TPSA) is 64.6 Å². The fourth-order valence-corrected chi connectivity index (χ4v) is 2.96. The van der Waals surface area contributed by atoms with E-state index in [1.165, 1.54) is 12.1 Å². The molecule has 1 unspecified atom stereocenters. The Hall–Kier alpha value is -1.95. The average Bonchev–Trinajstić information content (AvgIpc) is 2.58. The summed E-state index contributed by atoms with van der Waals surface area (Å²) in [4.78, 5) is 23.9. The Balaban J connectivity index is 2.06. The standard InChI is InChI=1S/C18H16Cl3NO4/c1-3-25-18(24)10(2)26-13-6-4-11(5-7-13)17(23)22-16-14(20)8-12(19)9-15(16)21/h4-10H,3H2,1-2H3,(H,22,23). The van der Waals surface area contributed by atoms with Crippen molar-refractivity contribution in [2.45, 2.75) is 20.0 Å². The number of esters is 1. The molecule has 0 radical (unpaired) electrons. The van der Waals surface area contributed by atoms with Crippen molar-refractivity contribution in [2.75, 3.05) is 11.9 Å². The van der Waals surface area contributed by atoms with E-state index >= 15 is 0 Å². The Kier molecular flexibility index (Phi) is 7.14. The van der Waals surface area contributed by atoms with E-state index in [4.69, 9.17) is 44.3 Å². The van der Waals surface area contributed by atoms with Crippen LogP contribution in [-0.2, 0) is 9.53 Å². The fraction of sp³-hybridized carbons (Fsp3) is 0.222. The van der Waals surface area contributed by atoms with E-state index in [-0.39, 0.29) is 22.3 Å². The second kappa shape index (κ2) is 9.12. The second-order valence-corrected chi connectivity index (χ2v) is 6.49. The lowest BCUT2D eigenvalue weighted by Gasteiger charge is -2.14. The van der Waals surface area contributed by atoms with E-state index in [0.717, 1.165) is 0 Å². The van der Waals surface area contributed by atoms with Crippen LogP contribution in [0.3, 0.4) is 0 Å². The third-order valence-corrected chi connectivity index (χ3v) is 4.11. The number of amides is 1. The summed E-state index contributed by atoms with van der Waals surface area (Å²) in [5.74, 6) is -0.424. The second-order valence-electron chi connectivity index (χ2n) is 5.24. The lowest BCUT2D eigenvalue weighted by Crippen LogP contribution is -2.26. The van der Waals surface area contributed by atoms with Gasteiger partial charge in [0.1, 0.15) is 5.75 Å². The summed E-state index contributed by atoms with van der Waals surface area (Å²) in [5.41, 5.74) is 0.641. The van der Waals surface area contributed by atoms with Crippen molar-refractivity contribution >= 4 is 52.4 Å². The molecule has 0 aliphatic carbocycles. The molecule has 0 aromatic heterocycles. The number of carbonyl (C=O) groups excluding carboxylic acids is 2. The van der Waals surface area contributed by atoms with Crippen LogP contribution in [0, 0.1) is 0 Å². The summed E-state index contributed by atoms with van der Waals surface area (Å²) < 4.78 is 10.3. The van der Waals surface area contributed by atoms with E-state index in [1.54, 1.807) is 38.1 Å². The highest BCUT2D eigenvalue weighted by Gasteiger charge is 2.16. The van der Waals surface area contributed by atoms with Gasteiger partial charge in [0.2, 0.25) is 0 Å². The summed E-state index contributed by atoms with van der Waals surface area (Å²) in [6.07, 6.45) is -0.749. The van der Waals surface area contributed by atoms with Crippen molar-refractivity contribution < 1.29 is 19.1 Å².